The van der Waals surface area contributed by atoms with Gasteiger partial charge >= 0.3 is 0 Å². The summed E-state index contributed by atoms with van der Waals surface area (Å²) >= 11 is 0. The largest absolute Gasteiger partial charge is 0.492 e. The lowest BCUT2D eigenvalue weighted by Gasteiger charge is -2.31. The number of anilines is 1. The molecule has 0 bridgehead atoms. The van der Waals surface area contributed by atoms with E-state index in [2.05, 4.69) is 61.2 Å². The SMILES string of the molecule is Cc1cc(C)cc(OCCN2CCCc3ccccc32)c1. The molecular weight excluding hydrogens is 258 g/mol. The van der Waals surface area contributed by atoms with Gasteiger partial charge in [-0.2, -0.15) is 0 Å². The monoisotopic (exact) mass is 281 g/mol. The smallest absolute Gasteiger partial charge is 0.119 e. The molecular formula is C19H23NO. The summed E-state index contributed by atoms with van der Waals surface area (Å²) in [6.07, 6.45) is 2.44. The molecule has 0 N–H and O–H groups in total. The lowest BCUT2D eigenvalue weighted by molar-refractivity contribution is 0.322. The fourth-order valence-electron chi connectivity index (χ4n) is 3.13. The maximum absolute atomic E-state index is 5.94. The van der Waals surface area contributed by atoms with Crippen molar-refractivity contribution < 1.29 is 4.74 Å². The normalized spacial score (nSPS) is 13.9. The Kier molecular flexibility index (Phi) is 4.14. The van der Waals surface area contributed by atoms with Crippen LogP contribution in [0.25, 0.3) is 0 Å². The molecule has 0 fully saturated rings. The van der Waals surface area contributed by atoms with E-state index in [0.717, 1.165) is 25.4 Å². The van der Waals surface area contributed by atoms with Crippen molar-refractivity contribution in [2.45, 2.75) is 26.7 Å². The van der Waals surface area contributed by atoms with Gasteiger partial charge in [0.2, 0.25) is 0 Å². The third kappa shape index (κ3) is 3.38. The molecule has 0 spiro atoms. The van der Waals surface area contributed by atoms with E-state index in [1.807, 2.05) is 0 Å². The van der Waals surface area contributed by atoms with Gasteiger partial charge in [0.25, 0.3) is 0 Å². The highest BCUT2D eigenvalue weighted by Crippen LogP contribution is 2.26. The van der Waals surface area contributed by atoms with Crippen LogP contribution in [0.15, 0.2) is 42.5 Å². The van der Waals surface area contributed by atoms with Gasteiger partial charge in [-0.05, 0) is 61.6 Å². The zero-order chi connectivity index (χ0) is 14.7. The third-order valence-corrected chi connectivity index (χ3v) is 4.03. The third-order valence-electron chi connectivity index (χ3n) is 4.03. The van der Waals surface area contributed by atoms with Crippen LogP contribution in [-0.4, -0.2) is 19.7 Å². The van der Waals surface area contributed by atoms with E-state index in [-0.39, 0.29) is 0 Å². The van der Waals surface area contributed by atoms with Gasteiger partial charge in [-0.1, -0.05) is 24.3 Å². The van der Waals surface area contributed by atoms with E-state index in [0.29, 0.717) is 0 Å². The van der Waals surface area contributed by atoms with Gasteiger partial charge in [-0.25, -0.2) is 0 Å². The van der Waals surface area contributed by atoms with Crippen LogP contribution in [0.2, 0.25) is 0 Å². The fourth-order valence-corrected chi connectivity index (χ4v) is 3.13. The minimum atomic E-state index is 0.733. The van der Waals surface area contributed by atoms with Crippen molar-refractivity contribution >= 4 is 5.69 Å². The predicted octanol–water partition coefficient (Wildman–Crippen LogP) is 4.14. The van der Waals surface area contributed by atoms with Crippen LogP contribution >= 0.6 is 0 Å². The number of fused-ring (bicyclic) bond motifs is 1. The van der Waals surface area contributed by atoms with Crippen LogP contribution in [0.1, 0.15) is 23.1 Å². The Morgan fingerprint density at radius 1 is 1.05 bits per heavy atom. The second kappa shape index (κ2) is 6.21. The van der Waals surface area contributed by atoms with Gasteiger partial charge in [0.1, 0.15) is 12.4 Å². The average Bonchev–Trinajstić information content (AvgIpc) is 2.46. The maximum Gasteiger partial charge on any atom is 0.119 e. The second-order valence-corrected chi connectivity index (χ2v) is 5.89. The Bertz CT molecular complexity index is 600. The van der Waals surface area contributed by atoms with Gasteiger partial charge < -0.3 is 9.64 Å². The first-order valence-corrected chi connectivity index (χ1v) is 7.76. The molecule has 2 aromatic carbocycles. The van der Waals surface area contributed by atoms with Crippen LogP contribution in [0.3, 0.4) is 0 Å². The molecule has 1 aliphatic rings. The number of nitrogens with zero attached hydrogens (tertiary/aromatic N) is 1. The van der Waals surface area contributed by atoms with E-state index in [1.54, 1.807) is 0 Å². The number of ether oxygens (including phenoxy) is 1. The molecule has 110 valence electrons. The quantitative estimate of drug-likeness (QED) is 0.835. The average molecular weight is 281 g/mol. The van der Waals surface area contributed by atoms with Crippen LogP contribution in [-0.2, 0) is 6.42 Å². The molecule has 2 aromatic rings. The minimum absolute atomic E-state index is 0.733. The molecule has 0 saturated heterocycles. The van der Waals surface area contributed by atoms with Crippen molar-refractivity contribution in [1.29, 1.82) is 0 Å². The van der Waals surface area contributed by atoms with E-state index < -0.39 is 0 Å². The highest BCUT2D eigenvalue weighted by molar-refractivity contribution is 5.55. The number of para-hydroxylation sites is 1. The molecule has 1 heterocycles. The Morgan fingerprint density at radius 2 is 1.81 bits per heavy atom. The first-order chi connectivity index (χ1) is 10.2. The Labute approximate surface area is 127 Å². The summed E-state index contributed by atoms with van der Waals surface area (Å²) in [4.78, 5) is 2.45. The van der Waals surface area contributed by atoms with E-state index >= 15 is 0 Å². The summed E-state index contributed by atoms with van der Waals surface area (Å²) in [5.74, 6) is 0.984. The van der Waals surface area contributed by atoms with Crippen molar-refractivity contribution in [1.82, 2.24) is 0 Å². The maximum atomic E-state index is 5.94. The number of aryl methyl sites for hydroxylation is 3. The number of hydrogen-bond donors (Lipinski definition) is 0. The molecule has 0 saturated carbocycles. The molecule has 1 aliphatic heterocycles. The predicted molar refractivity (Wildman–Crippen MR) is 88.4 cm³/mol. The van der Waals surface area contributed by atoms with Gasteiger partial charge in [0.05, 0.1) is 6.54 Å². The molecule has 0 unspecified atom stereocenters. The minimum Gasteiger partial charge on any atom is -0.492 e. The molecule has 2 heteroatoms. The highest BCUT2D eigenvalue weighted by Gasteiger charge is 2.15. The molecule has 0 atom stereocenters. The first kappa shape index (κ1) is 14.0. The Balaban J connectivity index is 1.61. The molecule has 21 heavy (non-hydrogen) atoms. The molecule has 0 aliphatic carbocycles. The Morgan fingerprint density at radius 3 is 2.62 bits per heavy atom. The number of hydrogen-bond acceptors (Lipinski definition) is 2. The van der Waals surface area contributed by atoms with Crippen LogP contribution < -0.4 is 9.64 Å². The van der Waals surface area contributed by atoms with E-state index in [9.17, 15) is 0 Å². The van der Waals surface area contributed by atoms with E-state index in [1.165, 1.54) is 35.2 Å². The summed E-state index contributed by atoms with van der Waals surface area (Å²) in [6, 6.07) is 15.1. The number of benzene rings is 2. The zero-order valence-corrected chi connectivity index (χ0v) is 12.9. The first-order valence-electron chi connectivity index (χ1n) is 7.76. The van der Waals surface area contributed by atoms with Crippen LogP contribution in [0.4, 0.5) is 5.69 Å². The van der Waals surface area contributed by atoms with Crippen molar-refractivity contribution in [2.24, 2.45) is 0 Å². The van der Waals surface area contributed by atoms with Crippen LogP contribution in [0.5, 0.6) is 5.75 Å². The summed E-state index contributed by atoms with van der Waals surface area (Å²) in [5.41, 5.74) is 5.37. The van der Waals surface area contributed by atoms with Crippen molar-refractivity contribution in [3.05, 3.63) is 59.2 Å². The highest BCUT2D eigenvalue weighted by atomic mass is 16.5. The molecule has 0 aromatic heterocycles. The second-order valence-electron chi connectivity index (χ2n) is 5.89. The number of rotatable bonds is 4. The van der Waals surface area contributed by atoms with Crippen molar-refractivity contribution in [3.63, 3.8) is 0 Å². The van der Waals surface area contributed by atoms with Crippen molar-refractivity contribution in [3.8, 4) is 5.75 Å². The zero-order valence-electron chi connectivity index (χ0n) is 12.9. The molecule has 0 amide bonds. The molecule has 0 radical (unpaired) electrons. The van der Waals surface area contributed by atoms with Gasteiger partial charge in [0, 0.05) is 12.2 Å². The lowest BCUT2D eigenvalue weighted by Crippen LogP contribution is -2.33. The van der Waals surface area contributed by atoms with Gasteiger partial charge in [0.15, 0.2) is 0 Å². The fraction of sp³-hybridized carbons (Fsp3) is 0.368. The Hall–Kier alpha value is -1.96. The van der Waals surface area contributed by atoms with Gasteiger partial charge in [-0.3, -0.25) is 0 Å². The lowest BCUT2D eigenvalue weighted by atomic mass is 10.0. The van der Waals surface area contributed by atoms with E-state index in [4.69, 9.17) is 4.74 Å². The topological polar surface area (TPSA) is 12.5 Å². The summed E-state index contributed by atoms with van der Waals surface area (Å²) in [7, 11) is 0. The van der Waals surface area contributed by atoms with Crippen molar-refractivity contribution in [2.75, 3.05) is 24.6 Å². The van der Waals surface area contributed by atoms with Gasteiger partial charge in [-0.15, -0.1) is 0 Å². The molecule has 3 rings (SSSR count). The molecule has 2 nitrogen and oxygen atoms in total. The summed E-state index contributed by atoms with van der Waals surface area (Å²) < 4.78 is 5.94. The van der Waals surface area contributed by atoms with Crippen LogP contribution in [0, 0.1) is 13.8 Å². The summed E-state index contributed by atoms with van der Waals surface area (Å²) in [6.45, 7) is 7.04. The summed E-state index contributed by atoms with van der Waals surface area (Å²) in [5, 5.41) is 0. The standard InChI is InChI=1S/C19H23NO/c1-15-12-16(2)14-18(13-15)21-11-10-20-9-5-7-17-6-3-4-8-19(17)20/h3-4,6,8,12-14H,5,7,9-11H2,1-2H3.